The molecule has 1 fully saturated rings. The molecule has 112 valence electrons. The van der Waals surface area contributed by atoms with E-state index in [1.165, 1.54) is 13.8 Å². The molecule has 0 saturated carbocycles. The van der Waals surface area contributed by atoms with E-state index in [1.807, 2.05) is 5.32 Å². The van der Waals surface area contributed by atoms with E-state index >= 15 is 0 Å². The van der Waals surface area contributed by atoms with Crippen molar-refractivity contribution >= 4 is 27.7 Å². The number of aliphatic carboxylic acids is 1. The van der Waals surface area contributed by atoms with Gasteiger partial charge in [0.2, 0.25) is 0 Å². The van der Waals surface area contributed by atoms with Crippen LogP contribution in [-0.4, -0.2) is 49.0 Å². The Balaban J connectivity index is 2.57. The summed E-state index contributed by atoms with van der Waals surface area (Å²) in [5.74, 6) is -2.23. The van der Waals surface area contributed by atoms with Crippen molar-refractivity contribution < 1.29 is 27.9 Å². The third kappa shape index (κ3) is 4.34. The highest BCUT2D eigenvalue weighted by Crippen LogP contribution is 2.11. The van der Waals surface area contributed by atoms with Crippen LogP contribution in [0.2, 0.25) is 0 Å². The Kier molecular flexibility index (Phi) is 4.88. The van der Waals surface area contributed by atoms with E-state index in [4.69, 9.17) is 5.11 Å². The molecule has 0 radical (unpaired) electrons. The van der Waals surface area contributed by atoms with Crippen molar-refractivity contribution in [1.82, 2.24) is 10.6 Å². The smallest absolute Gasteiger partial charge is 0.331 e. The molecule has 1 saturated heterocycles. The number of imide groups is 1. The quantitative estimate of drug-likeness (QED) is 0.598. The van der Waals surface area contributed by atoms with Gasteiger partial charge in [-0.1, -0.05) is 0 Å². The van der Waals surface area contributed by atoms with Gasteiger partial charge in [-0.15, -0.1) is 0 Å². The largest absolute Gasteiger partial charge is 0.478 e. The molecule has 0 aliphatic carbocycles. The van der Waals surface area contributed by atoms with Crippen LogP contribution < -0.4 is 10.6 Å². The second kappa shape index (κ2) is 6.04. The summed E-state index contributed by atoms with van der Waals surface area (Å²) in [6.07, 6.45) is 0.299. The van der Waals surface area contributed by atoms with Gasteiger partial charge >= 0.3 is 12.0 Å². The molecule has 0 bridgehead atoms. The maximum atomic E-state index is 11.6. The molecule has 3 amide bonds. The molecular formula is C11H16N2O6S. The van der Waals surface area contributed by atoms with Crippen LogP contribution in [-0.2, 0) is 19.4 Å². The number of carbonyl (C=O) groups excluding carboxylic acids is 2. The molecule has 8 nitrogen and oxygen atoms in total. The summed E-state index contributed by atoms with van der Waals surface area (Å²) in [4.78, 5) is 33.8. The molecule has 1 aliphatic rings. The van der Waals surface area contributed by atoms with Crippen LogP contribution in [0.15, 0.2) is 11.1 Å². The molecule has 9 heteroatoms. The summed E-state index contributed by atoms with van der Waals surface area (Å²) in [5.41, 5.74) is -0.259. The maximum Gasteiger partial charge on any atom is 0.331 e. The van der Waals surface area contributed by atoms with Crippen LogP contribution in [0.25, 0.3) is 0 Å². The van der Waals surface area contributed by atoms with Crippen molar-refractivity contribution in [2.24, 2.45) is 0 Å². The Bertz CT molecular complexity index is 578. The van der Waals surface area contributed by atoms with Gasteiger partial charge in [0, 0.05) is 17.2 Å². The summed E-state index contributed by atoms with van der Waals surface area (Å²) in [6, 6.07) is -1.37. The molecule has 3 N–H and O–H groups in total. The van der Waals surface area contributed by atoms with Gasteiger partial charge in [-0.05, 0) is 20.3 Å². The van der Waals surface area contributed by atoms with Crippen LogP contribution in [0.4, 0.5) is 4.79 Å². The number of sulfone groups is 1. The first-order valence-corrected chi connectivity index (χ1v) is 7.67. The van der Waals surface area contributed by atoms with Crippen LogP contribution >= 0.6 is 0 Å². The minimum absolute atomic E-state index is 0.00292. The highest BCUT2D eigenvalue weighted by atomic mass is 32.2. The lowest BCUT2D eigenvalue weighted by atomic mass is 10.1. The molecule has 20 heavy (non-hydrogen) atoms. The second-order valence-electron chi connectivity index (χ2n) is 4.58. The van der Waals surface area contributed by atoms with Crippen molar-refractivity contribution in [1.29, 1.82) is 0 Å². The predicted octanol–water partition coefficient (Wildman–Crippen LogP) is -0.580. The highest BCUT2D eigenvalue weighted by Gasteiger charge is 2.29. The molecule has 1 unspecified atom stereocenters. The van der Waals surface area contributed by atoms with Gasteiger partial charge in [0.1, 0.15) is 0 Å². The van der Waals surface area contributed by atoms with Crippen molar-refractivity contribution in [3.8, 4) is 0 Å². The molecule has 1 atom stereocenters. The molecular weight excluding hydrogens is 288 g/mol. The first-order chi connectivity index (χ1) is 9.12. The summed E-state index contributed by atoms with van der Waals surface area (Å²) < 4.78 is 22.4. The van der Waals surface area contributed by atoms with Gasteiger partial charge < -0.3 is 10.4 Å². The van der Waals surface area contributed by atoms with Crippen molar-refractivity contribution in [3.05, 3.63) is 11.1 Å². The molecule has 0 aromatic carbocycles. The fourth-order valence-electron chi connectivity index (χ4n) is 1.66. The molecule has 0 aromatic heterocycles. The Morgan fingerprint density at radius 1 is 1.15 bits per heavy atom. The van der Waals surface area contributed by atoms with Crippen molar-refractivity contribution in [2.75, 3.05) is 11.5 Å². The lowest BCUT2D eigenvalue weighted by Gasteiger charge is -2.11. The van der Waals surface area contributed by atoms with E-state index in [2.05, 4.69) is 5.32 Å². The number of hydrogen-bond acceptors (Lipinski definition) is 5. The third-order valence-electron chi connectivity index (χ3n) is 3.02. The zero-order valence-electron chi connectivity index (χ0n) is 11.1. The Morgan fingerprint density at radius 3 is 2.20 bits per heavy atom. The van der Waals surface area contributed by atoms with Crippen LogP contribution in [0.1, 0.15) is 20.3 Å². The highest BCUT2D eigenvalue weighted by molar-refractivity contribution is 7.91. The fourth-order valence-corrected chi connectivity index (χ4v) is 3.33. The molecule has 0 aromatic rings. The summed E-state index contributed by atoms with van der Waals surface area (Å²) in [6.45, 7) is 2.53. The van der Waals surface area contributed by atoms with Gasteiger partial charge in [0.25, 0.3) is 5.91 Å². The van der Waals surface area contributed by atoms with Gasteiger partial charge in [-0.25, -0.2) is 18.0 Å². The van der Waals surface area contributed by atoms with Crippen LogP contribution in [0.5, 0.6) is 0 Å². The number of rotatable bonds is 3. The average Bonchev–Trinajstić information content (AvgIpc) is 2.66. The molecule has 1 aliphatic heterocycles. The molecule has 1 heterocycles. The normalized spacial score (nSPS) is 21.8. The minimum Gasteiger partial charge on any atom is -0.478 e. The number of carboxylic acid groups (broad SMARTS) is 1. The van der Waals surface area contributed by atoms with E-state index in [0.717, 1.165) is 0 Å². The van der Waals surface area contributed by atoms with E-state index in [1.54, 1.807) is 0 Å². The number of carboxylic acids is 1. The monoisotopic (exact) mass is 304 g/mol. The predicted molar refractivity (Wildman–Crippen MR) is 69.7 cm³/mol. The van der Waals surface area contributed by atoms with E-state index in [9.17, 15) is 22.8 Å². The Labute approximate surface area is 116 Å². The number of carbonyl (C=O) groups is 3. The van der Waals surface area contributed by atoms with Gasteiger partial charge in [0.05, 0.1) is 11.5 Å². The van der Waals surface area contributed by atoms with Crippen LogP contribution in [0.3, 0.4) is 0 Å². The lowest BCUT2D eigenvalue weighted by Crippen LogP contribution is -2.45. The standard InChI is InChI=1S/C11H16N2O6S/c1-6(7(2)10(15)16)9(14)13-11(17)12-8-3-4-20(18,19)5-8/h8H,3-5H2,1-2H3,(H,15,16)(H2,12,13,14,17). The number of amides is 3. The maximum absolute atomic E-state index is 11.6. The first kappa shape index (κ1) is 16.2. The molecule has 0 spiro atoms. The molecule has 1 rings (SSSR count). The van der Waals surface area contributed by atoms with Crippen molar-refractivity contribution in [2.45, 2.75) is 26.3 Å². The summed E-state index contributed by atoms with van der Waals surface area (Å²) in [5, 5.41) is 13.1. The number of nitrogens with one attached hydrogen (secondary N) is 2. The van der Waals surface area contributed by atoms with Gasteiger partial charge in [-0.2, -0.15) is 0 Å². The third-order valence-corrected chi connectivity index (χ3v) is 4.79. The minimum atomic E-state index is -3.13. The number of urea groups is 1. The first-order valence-electron chi connectivity index (χ1n) is 5.85. The SMILES string of the molecule is CC(C(=O)O)=C(C)C(=O)NC(=O)NC1CCS(=O)(=O)C1. The van der Waals surface area contributed by atoms with E-state index in [0.29, 0.717) is 6.42 Å². The Morgan fingerprint density at radius 2 is 1.75 bits per heavy atom. The Hall–Kier alpha value is -1.90. The van der Waals surface area contributed by atoms with Gasteiger partial charge in [0.15, 0.2) is 9.84 Å². The zero-order chi connectivity index (χ0) is 15.5. The zero-order valence-corrected chi connectivity index (χ0v) is 11.9. The van der Waals surface area contributed by atoms with E-state index in [-0.39, 0.29) is 22.7 Å². The van der Waals surface area contributed by atoms with Gasteiger partial charge in [-0.3, -0.25) is 10.1 Å². The average molecular weight is 304 g/mol. The number of hydrogen-bond donors (Lipinski definition) is 3. The van der Waals surface area contributed by atoms with Crippen molar-refractivity contribution in [3.63, 3.8) is 0 Å². The topological polar surface area (TPSA) is 130 Å². The summed E-state index contributed by atoms with van der Waals surface area (Å²) in [7, 11) is -3.13. The summed E-state index contributed by atoms with van der Waals surface area (Å²) >= 11 is 0. The second-order valence-corrected chi connectivity index (χ2v) is 6.81. The van der Waals surface area contributed by atoms with Crippen LogP contribution in [0, 0.1) is 0 Å². The van der Waals surface area contributed by atoms with E-state index < -0.39 is 33.8 Å². The lowest BCUT2D eigenvalue weighted by molar-refractivity contribution is -0.133. The fraction of sp³-hybridized carbons (Fsp3) is 0.545.